The van der Waals surface area contributed by atoms with Crippen LogP contribution in [0.1, 0.15) is 29.9 Å². The molecule has 1 aromatic carbocycles. The van der Waals surface area contributed by atoms with E-state index in [1.807, 2.05) is 12.1 Å². The molecule has 0 bridgehead atoms. The fourth-order valence-corrected chi connectivity index (χ4v) is 3.41. The van der Waals surface area contributed by atoms with Crippen LogP contribution in [0.2, 0.25) is 0 Å². The lowest BCUT2D eigenvalue weighted by atomic mass is 9.74. The number of aliphatic hydroxyl groups excluding tert-OH is 2. The summed E-state index contributed by atoms with van der Waals surface area (Å²) in [5.74, 6) is 1.65. The van der Waals surface area contributed by atoms with Crippen molar-refractivity contribution >= 4 is 12.4 Å². The van der Waals surface area contributed by atoms with Gasteiger partial charge in [0.15, 0.2) is 11.5 Å². The zero-order valence-electron chi connectivity index (χ0n) is 12.2. The summed E-state index contributed by atoms with van der Waals surface area (Å²) in [6.45, 7) is 0.750. The van der Waals surface area contributed by atoms with Gasteiger partial charge in [0.25, 0.3) is 0 Å². The maximum atomic E-state index is 9.94. The molecule has 1 saturated carbocycles. The molecule has 118 valence electrons. The first-order valence-electron chi connectivity index (χ1n) is 6.98. The van der Waals surface area contributed by atoms with Crippen molar-refractivity contribution in [1.29, 1.82) is 0 Å². The maximum Gasteiger partial charge on any atom is 0.161 e. The van der Waals surface area contributed by atoms with Crippen LogP contribution in [0.3, 0.4) is 0 Å². The van der Waals surface area contributed by atoms with Crippen molar-refractivity contribution in [2.45, 2.75) is 43.6 Å². The Kier molecular flexibility index (Phi) is 4.99. The lowest BCUT2D eigenvalue weighted by Gasteiger charge is -2.42. The summed E-state index contributed by atoms with van der Waals surface area (Å²) in [6.07, 6.45) is -0.136. The normalized spacial score (nSPS) is 30.7. The summed E-state index contributed by atoms with van der Waals surface area (Å²) in [6, 6.07) is 4.21. The van der Waals surface area contributed by atoms with Crippen LogP contribution < -0.4 is 14.8 Å². The van der Waals surface area contributed by atoms with Gasteiger partial charge in [-0.25, -0.2) is 0 Å². The Hall–Kier alpha value is -1.01. The molecule has 0 amide bonds. The third-order valence-corrected chi connectivity index (χ3v) is 4.52. The van der Waals surface area contributed by atoms with Gasteiger partial charge in [-0.2, -0.15) is 0 Å². The second kappa shape index (κ2) is 6.40. The minimum absolute atomic E-state index is 0. The quantitative estimate of drug-likeness (QED) is 0.765. The smallest absolute Gasteiger partial charge is 0.161 e. The molecular formula is C15H22ClNO4. The zero-order valence-corrected chi connectivity index (χ0v) is 13.0. The average molecular weight is 316 g/mol. The van der Waals surface area contributed by atoms with E-state index in [1.54, 1.807) is 14.2 Å². The van der Waals surface area contributed by atoms with E-state index in [4.69, 9.17) is 9.47 Å². The molecule has 1 heterocycles. The topological polar surface area (TPSA) is 71.0 Å². The Bertz CT molecular complexity index is 511. The van der Waals surface area contributed by atoms with E-state index < -0.39 is 12.2 Å². The molecule has 5 nitrogen and oxygen atoms in total. The predicted molar refractivity (Wildman–Crippen MR) is 81.4 cm³/mol. The maximum absolute atomic E-state index is 9.94. The van der Waals surface area contributed by atoms with Crippen molar-refractivity contribution in [2.24, 2.45) is 0 Å². The van der Waals surface area contributed by atoms with Crippen molar-refractivity contribution < 1.29 is 19.7 Å². The first-order chi connectivity index (χ1) is 9.63. The number of ether oxygens (including phenoxy) is 2. The van der Waals surface area contributed by atoms with Crippen molar-refractivity contribution in [2.75, 3.05) is 14.2 Å². The van der Waals surface area contributed by atoms with Crippen molar-refractivity contribution in [3.8, 4) is 11.5 Å². The Morgan fingerprint density at radius 1 is 1.05 bits per heavy atom. The summed E-state index contributed by atoms with van der Waals surface area (Å²) in [5.41, 5.74) is 2.37. The summed E-state index contributed by atoms with van der Waals surface area (Å²) in [5, 5.41) is 23.2. The van der Waals surface area contributed by atoms with Gasteiger partial charge < -0.3 is 25.0 Å². The molecule has 1 aliphatic carbocycles. The molecule has 3 rings (SSSR count). The van der Waals surface area contributed by atoms with Gasteiger partial charge >= 0.3 is 0 Å². The molecule has 21 heavy (non-hydrogen) atoms. The van der Waals surface area contributed by atoms with E-state index in [0.717, 1.165) is 12.3 Å². The lowest BCUT2D eigenvalue weighted by Crippen LogP contribution is -2.49. The van der Waals surface area contributed by atoms with E-state index in [1.165, 1.54) is 11.1 Å². The van der Waals surface area contributed by atoms with Gasteiger partial charge in [-0.05, 0) is 36.1 Å². The number of nitrogens with one attached hydrogen (secondary N) is 1. The third kappa shape index (κ3) is 2.83. The van der Waals surface area contributed by atoms with Crippen LogP contribution in [0.15, 0.2) is 12.1 Å². The highest BCUT2D eigenvalue weighted by Crippen LogP contribution is 2.42. The molecule has 3 N–H and O–H groups in total. The summed E-state index contributed by atoms with van der Waals surface area (Å²) >= 11 is 0. The number of benzene rings is 1. The van der Waals surface area contributed by atoms with Crippen LogP contribution in [0.5, 0.6) is 11.5 Å². The Morgan fingerprint density at radius 2 is 1.67 bits per heavy atom. The molecule has 1 fully saturated rings. The lowest BCUT2D eigenvalue weighted by molar-refractivity contribution is -0.0274. The van der Waals surface area contributed by atoms with Gasteiger partial charge in [-0.3, -0.25) is 0 Å². The molecule has 1 aliphatic heterocycles. The Labute approximate surface area is 130 Å². The van der Waals surface area contributed by atoms with Gasteiger partial charge in [0, 0.05) is 18.5 Å². The second-order valence-electron chi connectivity index (χ2n) is 5.61. The highest BCUT2D eigenvalue weighted by atomic mass is 35.5. The summed E-state index contributed by atoms with van der Waals surface area (Å²) < 4.78 is 10.7. The minimum Gasteiger partial charge on any atom is -0.493 e. The number of hydrogen-bond acceptors (Lipinski definition) is 5. The monoisotopic (exact) mass is 315 g/mol. The number of fused-ring (bicyclic) bond motifs is 3. The molecule has 0 saturated heterocycles. The van der Waals surface area contributed by atoms with Gasteiger partial charge in [-0.1, -0.05) is 0 Å². The van der Waals surface area contributed by atoms with Crippen LogP contribution in [-0.4, -0.2) is 42.7 Å². The number of methoxy groups -OCH3 is 2. The number of halogens is 1. The average Bonchev–Trinajstić information content (AvgIpc) is 2.47. The van der Waals surface area contributed by atoms with Gasteiger partial charge in [0.1, 0.15) is 0 Å². The zero-order chi connectivity index (χ0) is 14.3. The first kappa shape index (κ1) is 16.4. The van der Waals surface area contributed by atoms with Crippen LogP contribution in [0, 0.1) is 0 Å². The van der Waals surface area contributed by atoms with E-state index in [-0.39, 0.29) is 24.4 Å². The van der Waals surface area contributed by atoms with Crippen LogP contribution in [0.4, 0.5) is 0 Å². The first-order valence-corrected chi connectivity index (χ1v) is 6.98. The van der Waals surface area contributed by atoms with E-state index in [9.17, 15) is 10.2 Å². The molecule has 0 aromatic heterocycles. The molecule has 0 unspecified atom stereocenters. The van der Waals surface area contributed by atoms with Gasteiger partial charge in [0.2, 0.25) is 0 Å². The van der Waals surface area contributed by atoms with E-state index in [2.05, 4.69) is 5.32 Å². The van der Waals surface area contributed by atoms with Crippen molar-refractivity contribution in [1.82, 2.24) is 5.32 Å². The molecule has 0 spiro atoms. The fraction of sp³-hybridized carbons (Fsp3) is 0.600. The SMILES string of the molecule is COc1cc2c(cc1OC)[C@@H]1C[C@@H](O)[C@@H](O)C[C@@H]1NC2.Cl. The molecular weight excluding hydrogens is 294 g/mol. The number of hydrogen-bond donors (Lipinski definition) is 3. The standard InChI is InChI=1S/C15H21NO4.ClH/c1-19-14-3-8-7-16-11-6-13(18)12(17)4-10(11)9(8)5-15(14)20-2;/h3,5,10-13,16-18H,4,6-7H2,1-2H3;1H/t10-,11-,12+,13-;/m0./s1. The Morgan fingerprint density at radius 3 is 2.33 bits per heavy atom. The molecule has 6 heteroatoms. The largest absolute Gasteiger partial charge is 0.493 e. The molecule has 1 aromatic rings. The molecule has 2 aliphatic rings. The summed E-state index contributed by atoms with van der Waals surface area (Å²) in [7, 11) is 3.26. The molecule has 0 radical (unpaired) electrons. The second-order valence-corrected chi connectivity index (χ2v) is 5.61. The number of rotatable bonds is 2. The molecule has 4 atom stereocenters. The van der Waals surface area contributed by atoms with Crippen molar-refractivity contribution in [3.05, 3.63) is 23.3 Å². The minimum atomic E-state index is -0.655. The Balaban J connectivity index is 0.00000161. The van der Waals surface area contributed by atoms with Crippen molar-refractivity contribution in [3.63, 3.8) is 0 Å². The predicted octanol–water partition coefficient (Wildman–Crippen LogP) is 1.20. The van der Waals surface area contributed by atoms with Crippen LogP contribution in [-0.2, 0) is 6.54 Å². The highest BCUT2D eigenvalue weighted by molar-refractivity contribution is 5.85. The van der Waals surface area contributed by atoms with E-state index in [0.29, 0.717) is 18.6 Å². The highest BCUT2D eigenvalue weighted by Gasteiger charge is 2.39. The summed E-state index contributed by atoms with van der Waals surface area (Å²) in [4.78, 5) is 0. The van der Waals surface area contributed by atoms with E-state index >= 15 is 0 Å². The third-order valence-electron chi connectivity index (χ3n) is 4.52. The van der Waals surface area contributed by atoms with Gasteiger partial charge in [0.05, 0.1) is 26.4 Å². The van der Waals surface area contributed by atoms with Crippen LogP contribution in [0.25, 0.3) is 0 Å². The fourth-order valence-electron chi connectivity index (χ4n) is 3.41. The van der Waals surface area contributed by atoms with Gasteiger partial charge in [-0.15, -0.1) is 12.4 Å². The number of aliphatic hydroxyl groups is 2. The van der Waals surface area contributed by atoms with Crippen LogP contribution >= 0.6 is 12.4 Å².